The second kappa shape index (κ2) is 7.95. The van der Waals surface area contributed by atoms with Crippen molar-refractivity contribution in [3.05, 3.63) is 48.6 Å². The molecule has 0 aliphatic carbocycles. The standard InChI is InChI=1S/C19H25NO3/c1-4-6-11-16(10-5-2)18(21)20-14(3)17(23-19(20)22)15-12-8-7-9-13-15/h5,7-9,12-14,16-17H,2,4,6,10-11H2,1,3H3/t14-,16-,17-/m1/s1. The van der Waals surface area contributed by atoms with Gasteiger partial charge in [0.1, 0.15) is 6.10 Å². The third kappa shape index (κ3) is 3.81. The van der Waals surface area contributed by atoms with Crippen molar-refractivity contribution in [3.8, 4) is 0 Å². The Hall–Kier alpha value is -2.10. The second-order valence-electron chi connectivity index (χ2n) is 6.03. The van der Waals surface area contributed by atoms with Gasteiger partial charge in [-0.05, 0) is 25.3 Å². The van der Waals surface area contributed by atoms with E-state index in [0.717, 1.165) is 24.8 Å². The fourth-order valence-corrected chi connectivity index (χ4v) is 3.04. The van der Waals surface area contributed by atoms with Crippen molar-refractivity contribution in [1.82, 2.24) is 4.90 Å². The van der Waals surface area contributed by atoms with Crippen molar-refractivity contribution in [2.24, 2.45) is 5.92 Å². The Labute approximate surface area is 138 Å². The van der Waals surface area contributed by atoms with E-state index < -0.39 is 12.2 Å². The first-order chi connectivity index (χ1) is 11.1. The lowest BCUT2D eigenvalue weighted by Gasteiger charge is -2.23. The van der Waals surface area contributed by atoms with Gasteiger partial charge in [-0.15, -0.1) is 6.58 Å². The molecule has 3 atom stereocenters. The molecule has 1 aromatic rings. The van der Waals surface area contributed by atoms with Crippen LogP contribution in [-0.4, -0.2) is 22.9 Å². The molecule has 0 bridgehead atoms. The van der Waals surface area contributed by atoms with E-state index in [2.05, 4.69) is 13.5 Å². The number of ether oxygens (including phenoxy) is 1. The van der Waals surface area contributed by atoms with Crippen LogP contribution in [-0.2, 0) is 9.53 Å². The summed E-state index contributed by atoms with van der Waals surface area (Å²) in [6.07, 6.45) is 4.15. The molecule has 1 saturated heterocycles. The van der Waals surface area contributed by atoms with Gasteiger partial charge in [-0.25, -0.2) is 9.69 Å². The van der Waals surface area contributed by atoms with Gasteiger partial charge in [0.05, 0.1) is 6.04 Å². The molecule has 0 radical (unpaired) electrons. The fourth-order valence-electron chi connectivity index (χ4n) is 3.04. The first-order valence-corrected chi connectivity index (χ1v) is 8.29. The van der Waals surface area contributed by atoms with Gasteiger partial charge in [-0.3, -0.25) is 4.79 Å². The van der Waals surface area contributed by atoms with Gasteiger partial charge < -0.3 is 4.74 Å². The van der Waals surface area contributed by atoms with Gasteiger partial charge in [0.2, 0.25) is 5.91 Å². The summed E-state index contributed by atoms with van der Waals surface area (Å²) in [7, 11) is 0. The molecule has 4 heteroatoms. The molecule has 1 aliphatic rings. The van der Waals surface area contributed by atoms with Crippen LogP contribution in [0.15, 0.2) is 43.0 Å². The minimum atomic E-state index is -0.540. The molecular weight excluding hydrogens is 290 g/mol. The number of imide groups is 1. The smallest absolute Gasteiger partial charge is 0.417 e. The van der Waals surface area contributed by atoms with Crippen LogP contribution in [0.5, 0.6) is 0 Å². The number of hydrogen-bond donors (Lipinski definition) is 0. The lowest BCUT2D eigenvalue weighted by Crippen LogP contribution is -2.41. The highest BCUT2D eigenvalue weighted by Crippen LogP contribution is 2.34. The molecule has 2 amide bonds. The van der Waals surface area contributed by atoms with Gasteiger partial charge in [-0.1, -0.05) is 56.2 Å². The van der Waals surface area contributed by atoms with E-state index >= 15 is 0 Å². The van der Waals surface area contributed by atoms with Gasteiger partial charge in [-0.2, -0.15) is 0 Å². The number of benzene rings is 1. The van der Waals surface area contributed by atoms with Crippen LogP contribution >= 0.6 is 0 Å². The maximum Gasteiger partial charge on any atom is 0.417 e. The van der Waals surface area contributed by atoms with Crippen LogP contribution in [0.1, 0.15) is 51.2 Å². The van der Waals surface area contributed by atoms with Crippen LogP contribution in [0.3, 0.4) is 0 Å². The summed E-state index contributed by atoms with van der Waals surface area (Å²) in [5.74, 6) is -0.341. The van der Waals surface area contributed by atoms with E-state index in [4.69, 9.17) is 4.74 Å². The highest BCUT2D eigenvalue weighted by molar-refractivity contribution is 5.95. The summed E-state index contributed by atoms with van der Waals surface area (Å²) < 4.78 is 5.47. The minimum absolute atomic E-state index is 0.144. The van der Waals surface area contributed by atoms with Crippen LogP contribution in [0, 0.1) is 5.92 Å². The first-order valence-electron chi connectivity index (χ1n) is 8.29. The Morgan fingerprint density at radius 3 is 2.70 bits per heavy atom. The van der Waals surface area contributed by atoms with Gasteiger partial charge in [0.25, 0.3) is 0 Å². The predicted molar refractivity (Wildman–Crippen MR) is 89.8 cm³/mol. The van der Waals surface area contributed by atoms with E-state index in [1.54, 1.807) is 6.08 Å². The third-order valence-electron chi connectivity index (χ3n) is 4.34. The summed E-state index contributed by atoms with van der Waals surface area (Å²) in [5, 5.41) is 0. The summed E-state index contributed by atoms with van der Waals surface area (Å²) in [5.41, 5.74) is 0.914. The molecule has 23 heavy (non-hydrogen) atoms. The molecular formula is C19H25NO3. The largest absolute Gasteiger partial charge is 0.439 e. The Balaban J connectivity index is 2.16. The van der Waals surface area contributed by atoms with Gasteiger partial charge in [0.15, 0.2) is 0 Å². The number of nitrogens with zero attached hydrogens (tertiary/aromatic N) is 1. The predicted octanol–water partition coefficient (Wildman–Crippen LogP) is 4.48. The van der Waals surface area contributed by atoms with Gasteiger partial charge >= 0.3 is 6.09 Å². The topological polar surface area (TPSA) is 46.6 Å². The second-order valence-corrected chi connectivity index (χ2v) is 6.03. The minimum Gasteiger partial charge on any atom is -0.439 e. The van der Waals surface area contributed by atoms with Crippen LogP contribution < -0.4 is 0 Å². The molecule has 0 unspecified atom stereocenters. The van der Waals surface area contributed by atoms with Crippen LogP contribution in [0.4, 0.5) is 4.79 Å². The molecule has 1 heterocycles. The van der Waals surface area contributed by atoms with Crippen molar-refractivity contribution >= 4 is 12.0 Å². The van der Waals surface area contributed by atoms with Crippen LogP contribution in [0.2, 0.25) is 0 Å². The number of allylic oxidation sites excluding steroid dienone is 1. The number of cyclic esters (lactones) is 1. The third-order valence-corrected chi connectivity index (χ3v) is 4.34. The van der Waals surface area contributed by atoms with Crippen molar-refractivity contribution in [3.63, 3.8) is 0 Å². The number of hydrogen-bond acceptors (Lipinski definition) is 3. The zero-order valence-corrected chi connectivity index (χ0v) is 13.9. The Morgan fingerprint density at radius 2 is 2.09 bits per heavy atom. The molecule has 1 aromatic carbocycles. The van der Waals surface area contributed by atoms with Crippen molar-refractivity contribution < 1.29 is 14.3 Å². The SMILES string of the molecule is C=CC[C@H](CCCC)C(=O)N1C(=O)O[C@@H](c2ccccc2)[C@H]1C. The zero-order valence-electron chi connectivity index (χ0n) is 13.9. The average Bonchev–Trinajstić information content (AvgIpc) is 2.86. The van der Waals surface area contributed by atoms with Crippen molar-refractivity contribution in [1.29, 1.82) is 0 Å². The summed E-state index contributed by atoms with van der Waals surface area (Å²) >= 11 is 0. The molecule has 1 fully saturated rings. The Kier molecular flexibility index (Phi) is 5.97. The van der Waals surface area contributed by atoms with E-state index in [9.17, 15) is 9.59 Å². The summed E-state index contributed by atoms with van der Waals surface area (Å²) in [6.45, 7) is 7.69. The Morgan fingerprint density at radius 1 is 1.39 bits per heavy atom. The van der Waals surface area contributed by atoms with E-state index in [0.29, 0.717) is 6.42 Å². The van der Waals surface area contributed by atoms with E-state index in [-0.39, 0.29) is 17.9 Å². The summed E-state index contributed by atoms with van der Waals surface area (Å²) in [6, 6.07) is 9.26. The quantitative estimate of drug-likeness (QED) is 0.697. The molecule has 2 rings (SSSR count). The molecule has 4 nitrogen and oxygen atoms in total. The number of carbonyl (C=O) groups excluding carboxylic acids is 2. The molecule has 1 aliphatic heterocycles. The van der Waals surface area contributed by atoms with Crippen molar-refractivity contribution in [2.45, 2.75) is 51.7 Å². The van der Waals surface area contributed by atoms with Gasteiger partial charge in [0, 0.05) is 5.92 Å². The highest BCUT2D eigenvalue weighted by atomic mass is 16.6. The molecule has 0 spiro atoms. The lowest BCUT2D eigenvalue weighted by molar-refractivity contribution is -0.133. The number of carbonyl (C=O) groups is 2. The van der Waals surface area contributed by atoms with Crippen molar-refractivity contribution in [2.75, 3.05) is 0 Å². The molecule has 124 valence electrons. The maximum atomic E-state index is 12.8. The number of rotatable bonds is 7. The average molecular weight is 315 g/mol. The molecule has 0 N–H and O–H groups in total. The summed E-state index contributed by atoms with van der Waals surface area (Å²) in [4.78, 5) is 26.4. The normalized spacial score (nSPS) is 21.8. The van der Waals surface area contributed by atoms with E-state index in [1.165, 1.54) is 4.90 Å². The zero-order chi connectivity index (χ0) is 16.8. The Bertz CT molecular complexity index is 555. The monoisotopic (exact) mass is 315 g/mol. The highest BCUT2D eigenvalue weighted by Gasteiger charge is 2.44. The first kappa shape index (κ1) is 17.3. The number of amides is 2. The lowest BCUT2D eigenvalue weighted by atomic mass is 9.95. The molecule has 0 aromatic heterocycles. The van der Waals surface area contributed by atoms with E-state index in [1.807, 2.05) is 37.3 Å². The molecule has 0 saturated carbocycles. The number of unbranched alkanes of at least 4 members (excludes halogenated alkanes) is 1. The van der Waals surface area contributed by atoms with Crippen LogP contribution in [0.25, 0.3) is 0 Å². The fraction of sp³-hybridized carbons (Fsp3) is 0.474. The maximum absolute atomic E-state index is 12.8.